The molecule has 0 amide bonds. The number of hydrogen-bond donors (Lipinski definition) is 1. The van der Waals surface area contributed by atoms with Crippen LogP contribution in [-0.4, -0.2) is 9.55 Å². The van der Waals surface area contributed by atoms with Crippen molar-refractivity contribution in [3.8, 4) is 5.69 Å². The van der Waals surface area contributed by atoms with E-state index in [1.54, 1.807) is 10.8 Å². The fourth-order valence-corrected chi connectivity index (χ4v) is 2.33. The smallest absolute Gasteiger partial charge is 0.312 e. The highest BCUT2D eigenvalue weighted by atomic mass is 16.1. The van der Waals surface area contributed by atoms with Gasteiger partial charge in [0.05, 0.1) is 5.69 Å². The maximum absolute atomic E-state index is 12.0. The molecule has 1 N–H and O–H groups in total. The average Bonchev–Trinajstić information content (AvgIpc) is 2.79. The van der Waals surface area contributed by atoms with Crippen molar-refractivity contribution in [2.75, 3.05) is 0 Å². The zero-order valence-electron chi connectivity index (χ0n) is 10.2. The summed E-state index contributed by atoms with van der Waals surface area (Å²) in [6, 6.07) is 14.1. The fourth-order valence-electron chi connectivity index (χ4n) is 2.33. The number of benzene rings is 2. The third-order valence-corrected chi connectivity index (χ3v) is 3.22. The number of aromatic nitrogens is 2. The molecule has 0 spiro atoms. The standard InChI is InChI=1S/C15H14N2O/c1-2-12-10-16-15(18)17(12)14-9-5-7-11-6-3-4-8-13(11)14/h3-10H,2H2,1H3,(H,16,18). The molecular weight excluding hydrogens is 224 g/mol. The van der Waals surface area contributed by atoms with Crippen LogP contribution in [0.15, 0.2) is 53.5 Å². The second-order valence-corrected chi connectivity index (χ2v) is 4.27. The Hall–Kier alpha value is -2.29. The van der Waals surface area contributed by atoms with Crippen LogP contribution in [-0.2, 0) is 6.42 Å². The Balaban J connectivity index is 2.38. The Morgan fingerprint density at radius 1 is 1.11 bits per heavy atom. The summed E-state index contributed by atoms with van der Waals surface area (Å²) in [4.78, 5) is 14.7. The number of fused-ring (bicyclic) bond motifs is 1. The summed E-state index contributed by atoms with van der Waals surface area (Å²) >= 11 is 0. The summed E-state index contributed by atoms with van der Waals surface area (Å²) in [6.45, 7) is 2.05. The Morgan fingerprint density at radius 3 is 2.72 bits per heavy atom. The highest BCUT2D eigenvalue weighted by Crippen LogP contribution is 2.22. The normalized spacial score (nSPS) is 10.9. The van der Waals surface area contributed by atoms with Crippen molar-refractivity contribution < 1.29 is 0 Å². The van der Waals surface area contributed by atoms with E-state index < -0.39 is 0 Å². The minimum absolute atomic E-state index is 0.0804. The summed E-state index contributed by atoms with van der Waals surface area (Å²) in [5.41, 5.74) is 1.86. The number of hydrogen-bond acceptors (Lipinski definition) is 1. The molecule has 18 heavy (non-hydrogen) atoms. The number of aryl methyl sites for hydroxylation is 1. The first-order chi connectivity index (χ1) is 8.81. The van der Waals surface area contributed by atoms with E-state index in [2.05, 4.69) is 17.1 Å². The Bertz CT molecular complexity index is 747. The van der Waals surface area contributed by atoms with Gasteiger partial charge in [-0.25, -0.2) is 4.79 Å². The van der Waals surface area contributed by atoms with Crippen molar-refractivity contribution in [3.63, 3.8) is 0 Å². The average molecular weight is 238 g/mol. The maximum atomic E-state index is 12.0. The molecule has 0 aliphatic rings. The first-order valence-electron chi connectivity index (χ1n) is 6.08. The van der Waals surface area contributed by atoms with Gasteiger partial charge in [-0.15, -0.1) is 0 Å². The summed E-state index contributed by atoms with van der Waals surface area (Å²) in [5, 5.41) is 2.24. The molecule has 3 heteroatoms. The molecule has 0 atom stereocenters. The SMILES string of the molecule is CCc1c[nH]c(=O)n1-c1cccc2ccccc12. The van der Waals surface area contributed by atoms with Gasteiger partial charge in [-0.2, -0.15) is 0 Å². The molecule has 0 bridgehead atoms. The third-order valence-electron chi connectivity index (χ3n) is 3.22. The lowest BCUT2D eigenvalue weighted by Crippen LogP contribution is -2.17. The van der Waals surface area contributed by atoms with Crippen molar-refractivity contribution in [2.45, 2.75) is 13.3 Å². The Labute approximate surface area is 105 Å². The quantitative estimate of drug-likeness (QED) is 0.732. The molecule has 0 unspecified atom stereocenters. The first kappa shape index (κ1) is 10.8. The number of H-pyrrole nitrogens is 1. The summed E-state index contributed by atoms with van der Waals surface area (Å²) in [7, 11) is 0. The van der Waals surface area contributed by atoms with Crippen LogP contribution in [0, 0.1) is 0 Å². The second-order valence-electron chi connectivity index (χ2n) is 4.27. The molecule has 90 valence electrons. The zero-order valence-corrected chi connectivity index (χ0v) is 10.2. The minimum atomic E-state index is -0.0804. The fraction of sp³-hybridized carbons (Fsp3) is 0.133. The first-order valence-corrected chi connectivity index (χ1v) is 6.08. The van der Waals surface area contributed by atoms with Crippen molar-refractivity contribution in [2.24, 2.45) is 0 Å². The Kier molecular flexibility index (Phi) is 2.52. The van der Waals surface area contributed by atoms with Gasteiger partial charge in [0.15, 0.2) is 0 Å². The van der Waals surface area contributed by atoms with Gasteiger partial charge < -0.3 is 4.98 Å². The van der Waals surface area contributed by atoms with Crippen LogP contribution in [0.1, 0.15) is 12.6 Å². The van der Waals surface area contributed by atoms with E-state index in [0.717, 1.165) is 28.6 Å². The third kappa shape index (κ3) is 1.56. The number of nitrogens with zero attached hydrogens (tertiary/aromatic N) is 1. The van der Waals surface area contributed by atoms with Crippen LogP contribution >= 0.6 is 0 Å². The number of aromatic amines is 1. The highest BCUT2D eigenvalue weighted by molar-refractivity contribution is 5.90. The van der Waals surface area contributed by atoms with E-state index in [9.17, 15) is 4.79 Å². The van der Waals surface area contributed by atoms with Crippen LogP contribution in [0.4, 0.5) is 0 Å². The van der Waals surface area contributed by atoms with Gasteiger partial charge in [-0.05, 0) is 17.9 Å². The molecule has 2 aromatic carbocycles. The van der Waals surface area contributed by atoms with E-state index in [0.29, 0.717) is 0 Å². The summed E-state index contributed by atoms with van der Waals surface area (Å²) < 4.78 is 1.75. The monoisotopic (exact) mass is 238 g/mol. The molecule has 0 aliphatic carbocycles. The van der Waals surface area contributed by atoms with Crippen LogP contribution in [0.25, 0.3) is 16.5 Å². The topological polar surface area (TPSA) is 37.8 Å². The van der Waals surface area contributed by atoms with Crippen LogP contribution < -0.4 is 5.69 Å². The van der Waals surface area contributed by atoms with Crippen LogP contribution in [0.3, 0.4) is 0 Å². The summed E-state index contributed by atoms with van der Waals surface area (Å²) in [6.07, 6.45) is 2.60. The van der Waals surface area contributed by atoms with E-state index >= 15 is 0 Å². The van der Waals surface area contributed by atoms with Crippen LogP contribution in [0.5, 0.6) is 0 Å². The number of imidazole rings is 1. The molecule has 1 heterocycles. The molecule has 0 fully saturated rings. The van der Waals surface area contributed by atoms with Crippen molar-refractivity contribution in [1.29, 1.82) is 0 Å². The van der Waals surface area contributed by atoms with Gasteiger partial charge in [-0.1, -0.05) is 43.3 Å². The minimum Gasteiger partial charge on any atom is -0.312 e. The molecule has 3 aromatic rings. The molecule has 0 radical (unpaired) electrons. The van der Waals surface area contributed by atoms with Gasteiger partial charge in [-0.3, -0.25) is 4.57 Å². The van der Waals surface area contributed by atoms with Gasteiger partial charge in [0.25, 0.3) is 0 Å². The Morgan fingerprint density at radius 2 is 1.89 bits per heavy atom. The van der Waals surface area contributed by atoms with Gasteiger partial charge in [0.1, 0.15) is 0 Å². The van der Waals surface area contributed by atoms with Gasteiger partial charge >= 0.3 is 5.69 Å². The largest absolute Gasteiger partial charge is 0.330 e. The van der Waals surface area contributed by atoms with Gasteiger partial charge in [0, 0.05) is 17.3 Å². The van der Waals surface area contributed by atoms with Gasteiger partial charge in [0.2, 0.25) is 0 Å². The predicted octanol–water partition coefficient (Wildman–Crippen LogP) is 2.88. The lowest BCUT2D eigenvalue weighted by atomic mass is 10.1. The molecule has 0 aliphatic heterocycles. The molecule has 3 rings (SSSR count). The van der Waals surface area contributed by atoms with E-state index in [1.165, 1.54) is 0 Å². The number of rotatable bonds is 2. The molecule has 1 aromatic heterocycles. The molecule has 0 saturated carbocycles. The molecule has 3 nitrogen and oxygen atoms in total. The highest BCUT2D eigenvalue weighted by Gasteiger charge is 2.09. The van der Waals surface area contributed by atoms with E-state index in [4.69, 9.17) is 0 Å². The maximum Gasteiger partial charge on any atom is 0.330 e. The molecule has 0 saturated heterocycles. The van der Waals surface area contributed by atoms with Crippen LogP contribution in [0.2, 0.25) is 0 Å². The van der Waals surface area contributed by atoms with E-state index in [1.807, 2.05) is 37.3 Å². The van der Waals surface area contributed by atoms with Crippen molar-refractivity contribution in [1.82, 2.24) is 9.55 Å². The summed E-state index contributed by atoms with van der Waals surface area (Å²) in [5.74, 6) is 0. The molecular formula is C15H14N2O. The predicted molar refractivity (Wildman–Crippen MR) is 73.3 cm³/mol. The van der Waals surface area contributed by atoms with Crippen molar-refractivity contribution in [3.05, 3.63) is 64.8 Å². The lowest BCUT2D eigenvalue weighted by Gasteiger charge is -2.09. The second kappa shape index (κ2) is 4.18. The lowest BCUT2D eigenvalue weighted by molar-refractivity contribution is 0.905. The van der Waals surface area contributed by atoms with Crippen molar-refractivity contribution >= 4 is 10.8 Å². The zero-order chi connectivity index (χ0) is 12.5. The number of nitrogens with one attached hydrogen (secondary N) is 1. The van der Waals surface area contributed by atoms with E-state index in [-0.39, 0.29) is 5.69 Å².